The molecule has 4 atom stereocenters. The van der Waals surface area contributed by atoms with Crippen molar-refractivity contribution in [1.82, 2.24) is 0 Å². The molecule has 0 amide bonds. The van der Waals surface area contributed by atoms with Crippen molar-refractivity contribution >= 4 is 66.7 Å². The summed E-state index contributed by atoms with van der Waals surface area (Å²) < 4.78 is 0. The maximum absolute atomic E-state index is 6.57. The highest BCUT2D eigenvalue weighted by Gasteiger charge is 2.49. The Hall–Kier alpha value is 1.57. The lowest BCUT2D eigenvalue weighted by molar-refractivity contribution is 0.261. The lowest BCUT2D eigenvalue weighted by atomic mass is 9.70. The highest BCUT2D eigenvalue weighted by molar-refractivity contribution is 9.10. The zero-order valence-electron chi connectivity index (χ0n) is 8.32. The zero-order chi connectivity index (χ0) is 11.7. The number of hydrogen-bond acceptors (Lipinski definition) is 0. The Morgan fingerprint density at radius 3 is 2.60 bits per heavy atom. The van der Waals surface area contributed by atoms with E-state index >= 15 is 0 Å². The minimum Gasteiger partial charge on any atom is -0.122 e. The van der Waals surface area contributed by atoms with Gasteiger partial charge in [0.1, 0.15) is 0 Å². The van der Waals surface area contributed by atoms with Crippen molar-refractivity contribution in [3.8, 4) is 0 Å². The third-order valence-corrected chi connectivity index (χ3v) is 7.20. The van der Waals surface area contributed by atoms with E-state index in [4.69, 9.17) is 34.8 Å². The predicted molar refractivity (Wildman–Crippen MR) is 77.1 cm³/mol. The number of halogens is 5. The van der Waals surface area contributed by atoms with Crippen LogP contribution in [0.25, 0.3) is 0 Å². The Balaban J connectivity index is 2.94. The molecule has 0 N–H and O–H groups in total. The molecule has 0 radical (unpaired) electrons. The second-order valence-electron chi connectivity index (χ2n) is 4.31. The third kappa shape index (κ3) is 3.07. The van der Waals surface area contributed by atoms with Crippen molar-refractivity contribution in [3.63, 3.8) is 0 Å². The van der Waals surface area contributed by atoms with Crippen LogP contribution >= 0.6 is 66.7 Å². The normalized spacial score (nSPS) is 47.3. The van der Waals surface area contributed by atoms with Gasteiger partial charge in [-0.25, -0.2) is 0 Å². The Kier molecular flexibility index (Phi) is 5.34. The Morgan fingerprint density at radius 1 is 1.53 bits per heavy atom. The van der Waals surface area contributed by atoms with Crippen LogP contribution in [0.4, 0.5) is 0 Å². The van der Waals surface area contributed by atoms with Gasteiger partial charge in [-0.1, -0.05) is 56.5 Å². The molecular weight excluding hydrogens is 386 g/mol. The number of rotatable bonds is 2. The minimum absolute atomic E-state index is 0.0581. The van der Waals surface area contributed by atoms with Gasteiger partial charge < -0.3 is 0 Å². The topological polar surface area (TPSA) is 0 Å². The Labute approximate surface area is 123 Å². The molecule has 0 aromatic carbocycles. The molecule has 0 bridgehead atoms. The van der Waals surface area contributed by atoms with Crippen LogP contribution in [0.3, 0.4) is 0 Å². The van der Waals surface area contributed by atoms with Gasteiger partial charge in [-0.15, -0.1) is 23.2 Å². The Morgan fingerprint density at radius 2 is 2.13 bits per heavy atom. The predicted octanol–water partition coefficient (Wildman–Crippen LogP) is 5.28. The maximum atomic E-state index is 6.57. The van der Waals surface area contributed by atoms with Crippen LogP contribution in [0.15, 0.2) is 11.6 Å². The van der Waals surface area contributed by atoms with Crippen LogP contribution in [0.1, 0.15) is 19.8 Å². The minimum atomic E-state index is -0.295. The van der Waals surface area contributed by atoms with E-state index in [1.807, 2.05) is 6.08 Å². The summed E-state index contributed by atoms with van der Waals surface area (Å²) in [5.41, 5.74) is 1.40. The highest BCUT2D eigenvalue weighted by Crippen LogP contribution is 2.51. The summed E-state index contributed by atoms with van der Waals surface area (Å²) in [7, 11) is 0. The van der Waals surface area contributed by atoms with Crippen LogP contribution in [-0.2, 0) is 0 Å². The van der Waals surface area contributed by atoms with E-state index in [-0.39, 0.29) is 20.5 Å². The molecule has 0 aromatic heterocycles. The average Bonchev–Trinajstić information content (AvgIpc) is 2.15. The lowest BCUT2D eigenvalue weighted by Gasteiger charge is -2.46. The second kappa shape index (κ2) is 5.48. The molecular formula is C10H13Br2Cl3. The van der Waals surface area contributed by atoms with Crippen LogP contribution in [-0.4, -0.2) is 20.4 Å². The molecule has 0 spiro atoms. The van der Waals surface area contributed by atoms with Gasteiger partial charge in [0.15, 0.2) is 0 Å². The van der Waals surface area contributed by atoms with E-state index in [1.54, 1.807) is 0 Å². The van der Waals surface area contributed by atoms with Crippen LogP contribution < -0.4 is 0 Å². The number of allylic oxidation sites excluding steroid dienone is 1. The Bertz CT molecular complexity index is 259. The van der Waals surface area contributed by atoms with Gasteiger partial charge in [0.05, 0.1) is 4.87 Å². The summed E-state index contributed by atoms with van der Waals surface area (Å²) >= 11 is 25.7. The van der Waals surface area contributed by atoms with E-state index < -0.39 is 0 Å². The summed E-state index contributed by atoms with van der Waals surface area (Å²) in [4.78, 5) is -0.0679. The molecule has 0 aromatic rings. The van der Waals surface area contributed by atoms with Gasteiger partial charge >= 0.3 is 0 Å². The van der Waals surface area contributed by atoms with Crippen molar-refractivity contribution in [2.24, 2.45) is 5.41 Å². The SMILES string of the molecule is C[C@]1(/C=C/Cl)CC(Cl)(CBr)[C@@H](Br)C[C@H]1Cl. The fraction of sp³-hybridized carbons (Fsp3) is 0.800. The first-order chi connectivity index (χ1) is 6.88. The molecule has 1 aliphatic carbocycles. The van der Waals surface area contributed by atoms with Crippen LogP contribution in [0.5, 0.6) is 0 Å². The summed E-state index contributed by atoms with van der Waals surface area (Å²) in [6.45, 7) is 2.10. The van der Waals surface area contributed by atoms with Crippen molar-refractivity contribution in [1.29, 1.82) is 0 Å². The zero-order valence-corrected chi connectivity index (χ0v) is 13.8. The van der Waals surface area contributed by atoms with Crippen LogP contribution in [0.2, 0.25) is 0 Å². The van der Waals surface area contributed by atoms with Crippen LogP contribution in [0, 0.1) is 5.41 Å². The van der Waals surface area contributed by atoms with E-state index in [0.29, 0.717) is 0 Å². The standard InChI is InChI=1S/C10H13Br2Cl3/c1-9(2-3-13)5-10(15,6-11)7(12)4-8(9)14/h2-3,7-8H,4-6H2,1H3/b3-2+/t7-,8+,9-,10?/m0/s1. The van der Waals surface area contributed by atoms with Crippen molar-refractivity contribution in [3.05, 3.63) is 11.6 Å². The van der Waals surface area contributed by atoms with Gasteiger partial charge in [-0.05, 0) is 12.8 Å². The molecule has 1 unspecified atom stereocenters. The smallest absolute Gasteiger partial charge is 0.0676 e. The van der Waals surface area contributed by atoms with Gasteiger partial charge in [0, 0.05) is 26.5 Å². The van der Waals surface area contributed by atoms with Crippen molar-refractivity contribution in [2.45, 2.75) is 34.8 Å². The van der Waals surface area contributed by atoms with Gasteiger partial charge in [0.2, 0.25) is 0 Å². The fourth-order valence-corrected chi connectivity index (χ4v) is 4.88. The molecule has 0 nitrogen and oxygen atoms in total. The third-order valence-electron chi connectivity index (χ3n) is 3.03. The molecule has 1 aliphatic rings. The molecule has 1 rings (SSSR count). The van der Waals surface area contributed by atoms with E-state index in [2.05, 4.69) is 38.8 Å². The summed E-state index contributed by atoms with van der Waals surface area (Å²) in [5, 5.41) is 0.801. The molecule has 15 heavy (non-hydrogen) atoms. The first-order valence-electron chi connectivity index (χ1n) is 4.69. The summed E-state index contributed by atoms with van der Waals surface area (Å²) in [5.74, 6) is 0. The van der Waals surface area contributed by atoms with Gasteiger partial charge in [0.25, 0.3) is 0 Å². The molecule has 1 fully saturated rings. The van der Waals surface area contributed by atoms with Crippen molar-refractivity contribution < 1.29 is 0 Å². The van der Waals surface area contributed by atoms with E-state index in [1.165, 1.54) is 5.54 Å². The highest BCUT2D eigenvalue weighted by atomic mass is 79.9. The molecule has 0 saturated heterocycles. The number of alkyl halides is 4. The van der Waals surface area contributed by atoms with E-state index in [0.717, 1.165) is 18.2 Å². The van der Waals surface area contributed by atoms with E-state index in [9.17, 15) is 0 Å². The maximum Gasteiger partial charge on any atom is 0.0676 e. The molecule has 0 aliphatic heterocycles. The summed E-state index contributed by atoms with van der Waals surface area (Å²) in [6.07, 6.45) is 3.60. The molecule has 88 valence electrons. The largest absolute Gasteiger partial charge is 0.122 e. The van der Waals surface area contributed by atoms with Crippen molar-refractivity contribution in [2.75, 3.05) is 5.33 Å². The van der Waals surface area contributed by atoms with Gasteiger partial charge in [-0.3, -0.25) is 0 Å². The fourth-order valence-electron chi connectivity index (χ4n) is 1.96. The second-order valence-corrected chi connectivity index (χ2v) is 7.51. The lowest BCUT2D eigenvalue weighted by Crippen LogP contribution is -2.49. The first-order valence-corrected chi connectivity index (χ1v) is 7.98. The molecule has 0 heterocycles. The average molecular weight is 399 g/mol. The quantitative estimate of drug-likeness (QED) is 0.554. The molecule has 1 saturated carbocycles. The number of hydrogen-bond donors (Lipinski definition) is 0. The van der Waals surface area contributed by atoms with Gasteiger partial charge in [-0.2, -0.15) is 0 Å². The first kappa shape index (κ1) is 14.6. The summed E-state index contributed by atoms with van der Waals surface area (Å²) in [6, 6.07) is 0. The molecule has 5 heteroatoms. The monoisotopic (exact) mass is 396 g/mol.